The second kappa shape index (κ2) is 8.20. The summed E-state index contributed by atoms with van der Waals surface area (Å²) in [6, 6.07) is 3.78. The van der Waals surface area contributed by atoms with Gasteiger partial charge in [-0.15, -0.1) is 0 Å². The molecule has 2 heterocycles. The lowest BCUT2D eigenvalue weighted by Gasteiger charge is -2.38. The van der Waals surface area contributed by atoms with Gasteiger partial charge in [0.1, 0.15) is 0 Å². The molecule has 3 unspecified atom stereocenters. The summed E-state index contributed by atoms with van der Waals surface area (Å²) in [6.07, 6.45) is 4.28. The summed E-state index contributed by atoms with van der Waals surface area (Å²) in [6.45, 7) is 8.84. The number of hydrogen-bond donors (Lipinski definition) is 1. The zero-order valence-corrected chi connectivity index (χ0v) is 14.7. The van der Waals surface area contributed by atoms with Crippen molar-refractivity contribution >= 4 is 11.8 Å². The smallest absolute Gasteiger partial charge is 0.0640 e. The highest BCUT2D eigenvalue weighted by Crippen LogP contribution is 2.20. The number of nitrogens with one attached hydrogen (secondary N) is 1. The van der Waals surface area contributed by atoms with Gasteiger partial charge in [-0.25, -0.2) is 0 Å². The van der Waals surface area contributed by atoms with E-state index in [1.54, 1.807) is 0 Å². The topological polar surface area (TPSA) is 33.1 Å². The van der Waals surface area contributed by atoms with E-state index in [4.69, 9.17) is 5.10 Å². The molecule has 3 atom stereocenters. The third kappa shape index (κ3) is 4.47. The van der Waals surface area contributed by atoms with Gasteiger partial charge in [0.25, 0.3) is 0 Å². The van der Waals surface area contributed by atoms with Crippen LogP contribution in [-0.4, -0.2) is 58.4 Å². The highest BCUT2D eigenvalue weighted by molar-refractivity contribution is 7.99. The molecule has 4 nitrogen and oxygen atoms in total. The maximum atomic E-state index is 4.77. The maximum Gasteiger partial charge on any atom is 0.0640 e. The molecule has 1 aromatic heterocycles. The molecule has 1 fully saturated rings. The van der Waals surface area contributed by atoms with E-state index in [0.29, 0.717) is 18.1 Å². The van der Waals surface area contributed by atoms with Crippen molar-refractivity contribution in [3.8, 4) is 0 Å². The maximum absolute atomic E-state index is 4.77. The summed E-state index contributed by atoms with van der Waals surface area (Å²) in [5, 5.41) is 8.45. The largest absolute Gasteiger partial charge is 0.312 e. The Labute approximate surface area is 133 Å². The van der Waals surface area contributed by atoms with Crippen LogP contribution < -0.4 is 5.32 Å². The summed E-state index contributed by atoms with van der Waals surface area (Å²) in [5.74, 6) is 2.48. The molecule has 0 radical (unpaired) electrons. The van der Waals surface area contributed by atoms with Crippen LogP contribution in [0.2, 0.25) is 0 Å². The Kier molecular flexibility index (Phi) is 6.58. The van der Waals surface area contributed by atoms with Gasteiger partial charge in [-0.1, -0.05) is 13.8 Å². The van der Waals surface area contributed by atoms with E-state index in [2.05, 4.69) is 66.7 Å². The van der Waals surface area contributed by atoms with Gasteiger partial charge in [0.2, 0.25) is 0 Å². The van der Waals surface area contributed by atoms with Gasteiger partial charge in [-0.3, -0.25) is 4.68 Å². The normalized spacial score (nSPS) is 23.1. The van der Waals surface area contributed by atoms with E-state index in [1.807, 2.05) is 0 Å². The number of aromatic nitrogens is 2. The summed E-state index contributed by atoms with van der Waals surface area (Å²) < 4.78 is 2.11. The molecule has 1 N–H and O–H groups in total. The Morgan fingerprint density at radius 2 is 2.29 bits per heavy atom. The summed E-state index contributed by atoms with van der Waals surface area (Å²) >= 11 is 2.08. The van der Waals surface area contributed by atoms with Crippen LogP contribution in [0.4, 0.5) is 0 Å². The van der Waals surface area contributed by atoms with Crippen LogP contribution in [0, 0.1) is 0 Å². The molecule has 0 bridgehead atoms. The van der Waals surface area contributed by atoms with Crippen molar-refractivity contribution in [3.05, 3.63) is 18.0 Å². The molecule has 0 amide bonds. The first-order chi connectivity index (χ1) is 10.2. The molecule has 0 aliphatic carbocycles. The van der Waals surface area contributed by atoms with Crippen molar-refractivity contribution in [1.82, 2.24) is 20.0 Å². The first-order valence-corrected chi connectivity index (χ1v) is 9.36. The minimum atomic E-state index is 0.490. The molecule has 1 aliphatic rings. The van der Waals surface area contributed by atoms with Crippen molar-refractivity contribution in [2.24, 2.45) is 0 Å². The lowest BCUT2D eigenvalue weighted by Crippen LogP contribution is -2.53. The number of hydrogen-bond acceptors (Lipinski definition) is 4. The van der Waals surface area contributed by atoms with E-state index < -0.39 is 0 Å². The summed E-state index contributed by atoms with van der Waals surface area (Å²) in [7, 11) is 2.26. The van der Waals surface area contributed by atoms with E-state index in [1.165, 1.54) is 23.7 Å². The molecule has 1 saturated heterocycles. The molecule has 5 heteroatoms. The summed E-state index contributed by atoms with van der Waals surface area (Å²) in [5.41, 5.74) is 1.21. The van der Waals surface area contributed by atoms with Gasteiger partial charge in [-0.05, 0) is 33.0 Å². The van der Waals surface area contributed by atoms with Gasteiger partial charge in [0.15, 0.2) is 0 Å². The lowest BCUT2D eigenvalue weighted by atomic mass is 10.0. The Morgan fingerprint density at radius 1 is 1.48 bits per heavy atom. The van der Waals surface area contributed by atoms with Crippen molar-refractivity contribution in [3.63, 3.8) is 0 Å². The molecule has 0 spiro atoms. The standard InChI is InChI=1S/C16H30N4S/c1-5-13(3)20-8-7-14(18-20)11-15(17-6-2)16-12-21-10-9-19(16)4/h7-8,13,15-17H,5-6,9-12H2,1-4H3. The molecule has 2 rings (SSSR count). The van der Waals surface area contributed by atoms with E-state index >= 15 is 0 Å². The molecule has 0 saturated carbocycles. The first-order valence-electron chi connectivity index (χ1n) is 8.21. The zero-order chi connectivity index (χ0) is 15.2. The fraction of sp³-hybridized carbons (Fsp3) is 0.812. The first kappa shape index (κ1) is 16.8. The minimum absolute atomic E-state index is 0.490. The van der Waals surface area contributed by atoms with Crippen LogP contribution in [0.5, 0.6) is 0 Å². The number of rotatable bonds is 7. The van der Waals surface area contributed by atoms with E-state index in [-0.39, 0.29) is 0 Å². The van der Waals surface area contributed by atoms with Crippen molar-refractivity contribution < 1.29 is 0 Å². The van der Waals surface area contributed by atoms with Crippen LogP contribution in [0.3, 0.4) is 0 Å². The Bertz CT molecular complexity index is 420. The lowest BCUT2D eigenvalue weighted by molar-refractivity contribution is 0.214. The highest BCUT2D eigenvalue weighted by atomic mass is 32.2. The van der Waals surface area contributed by atoms with Crippen molar-refractivity contribution in [2.45, 2.75) is 51.7 Å². The van der Waals surface area contributed by atoms with Crippen LogP contribution in [0.25, 0.3) is 0 Å². The molecule has 21 heavy (non-hydrogen) atoms. The molecule has 0 aromatic carbocycles. The third-order valence-corrected chi connectivity index (χ3v) is 5.56. The van der Waals surface area contributed by atoms with Crippen molar-refractivity contribution in [2.75, 3.05) is 31.6 Å². The fourth-order valence-electron chi connectivity index (χ4n) is 2.88. The SMILES string of the molecule is CCNC(Cc1ccn(C(C)CC)n1)C1CSCCN1C. The average molecular weight is 311 g/mol. The average Bonchev–Trinajstić information content (AvgIpc) is 2.95. The molecular formula is C16H30N4S. The van der Waals surface area contributed by atoms with Gasteiger partial charge >= 0.3 is 0 Å². The second-order valence-electron chi connectivity index (χ2n) is 6.04. The molecule has 1 aliphatic heterocycles. The van der Waals surface area contributed by atoms with Gasteiger partial charge in [0, 0.05) is 48.8 Å². The molecule has 120 valence electrons. The highest BCUT2D eigenvalue weighted by Gasteiger charge is 2.28. The van der Waals surface area contributed by atoms with Gasteiger partial charge in [0.05, 0.1) is 5.69 Å². The minimum Gasteiger partial charge on any atom is -0.312 e. The van der Waals surface area contributed by atoms with Gasteiger partial charge < -0.3 is 10.2 Å². The van der Waals surface area contributed by atoms with E-state index in [9.17, 15) is 0 Å². The van der Waals surface area contributed by atoms with E-state index in [0.717, 1.165) is 19.4 Å². The number of thioether (sulfide) groups is 1. The predicted molar refractivity (Wildman–Crippen MR) is 92.1 cm³/mol. The van der Waals surface area contributed by atoms with Crippen molar-refractivity contribution in [1.29, 1.82) is 0 Å². The van der Waals surface area contributed by atoms with Crippen LogP contribution in [0.15, 0.2) is 12.3 Å². The Balaban J connectivity index is 2.03. The third-order valence-electron chi connectivity index (χ3n) is 4.51. The monoisotopic (exact) mass is 310 g/mol. The quantitative estimate of drug-likeness (QED) is 0.838. The molecular weight excluding hydrogens is 280 g/mol. The van der Waals surface area contributed by atoms with Crippen LogP contribution in [-0.2, 0) is 6.42 Å². The predicted octanol–water partition coefficient (Wildman–Crippen LogP) is 2.42. The second-order valence-corrected chi connectivity index (χ2v) is 7.19. The Hall–Kier alpha value is -0.520. The van der Waals surface area contributed by atoms with Crippen LogP contribution in [0.1, 0.15) is 38.9 Å². The zero-order valence-electron chi connectivity index (χ0n) is 13.9. The van der Waals surface area contributed by atoms with Gasteiger partial charge in [-0.2, -0.15) is 16.9 Å². The van der Waals surface area contributed by atoms with Crippen LogP contribution >= 0.6 is 11.8 Å². The number of likely N-dealkylation sites (N-methyl/N-ethyl adjacent to an activating group) is 2. The fourth-order valence-corrected chi connectivity index (χ4v) is 4.19. The molecule has 1 aromatic rings. The number of nitrogens with zero attached hydrogens (tertiary/aromatic N) is 3. The summed E-state index contributed by atoms with van der Waals surface area (Å²) in [4.78, 5) is 2.51. The Morgan fingerprint density at radius 3 is 2.95 bits per heavy atom.